The molecule has 0 aromatic rings. The van der Waals surface area contributed by atoms with E-state index in [-0.39, 0.29) is 12.5 Å². The molecule has 1 fully saturated rings. The summed E-state index contributed by atoms with van der Waals surface area (Å²) in [6.45, 7) is 2.12. The molecule has 0 heterocycles. The van der Waals surface area contributed by atoms with Gasteiger partial charge in [0.25, 0.3) is 0 Å². The van der Waals surface area contributed by atoms with E-state index in [1.807, 2.05) is 6.92 Å². The third-order valence-corrected chi connectivity index (χ3v) is 3.51. The second kappa shape index (κ2) is 4.94. The Hall–Kier alpha value is -0.110. The van der Waals surface area contributed by atoms with Gasteiger partial charge in [0.1, 0.15) is 5.67 Å². The van der Waals surface area contributed by atoms with Crippen LogP contribution in [0.25, 0.3) is 0 Å². The number of alkyl halides is 1. The number of hydrogen-bond acceptors (Lipinski definition) is 1. The summed E-state index contributed by atoms with van der Waals surface area (Å²) in [5.41, 5.74) is 4.45. The molecule has 1 atom stereocenters. The Bertz CT molecular complexity index is 135. The molecule has 0 amide bonds. The maximum Gasteiger partial charge on any atom is 0.125 e. The van der Waals surface area contributed by atoms with Crippen LogP contribution in [0, 0.1) is 5.92 Å². The topological polar surface area (TPSA) is 26.0 Å². The highest BCUT2D eigenvalue weighted by Gasteiger charge is 2.35. The van der Waals surface area contributed by atoms with Crippen molar-refractivity contribution in [1.29, 1.82) is 0 Å². The molecule has 2 N–H and O–H groups in total. The van der Waals surface area contributed by atoms with Crippen molar-refractivity contribution in [3.8, 4) is 0 Å². The average molecular weight is 187 g/mol. The highest BCUT2D eigenvalue weighted by Crippen LogP contribution is 2.35. The second-order valence-corrected chi connectivity index (χ2v) is 4.28. The van der Waals surface area contributed by atoms with Crippen LogP contribution < -0.4 is 5.73 Å². The van der Waals surface area contributed by atoms with Crippen LogP contribution in [-0.2, 0) is 0 Å². The van der Waals surface area contributed by atoms with Crippen LogP contribution in [0.1, 0.15) is 51.9 Å². The Morgan fingerprint density at radius 2 is 1.77 bits per heavy atom. The molecule has 13 heavy (non-hydrogen) atoms. The predicted molar refractivity (Wildman–Crippen MR) is 54.4 cm³/mol. The van der Waals surface area contributed by atoms with Crippen molar-refractivity contribution in [2.24, 2.45) is 11.7 Å². The fourth-order valence-corrected chi connectivity index (χ4v) is 2.40. The van der Waals surface area contributed by atoms with Crippen LogP contribution in [-0.4, -0.2) is 12.2 Å². The minimum Gasteiger partial charge on any atom is -0.328 e. The zero-order valence-corrected chi connectivity index (χ0v) is 8.69. The normalized spacial score (nSPS) is 25.2. The largest absolute Gasteiger partial charge is 0.328 e. The van der Waals surface area contributed by atoms with Gasteiger partial charge in [0.05, 0.1) is 0 Å². The van der Waals surface area contributed by atoms with E-state index in [2.05, 4.69) is 0 Å². The van der Waals surface area contributed by atoms with Gasteiger partial charge in [-0.05, 0) is 25.2 Å². The van der Waals surface area contributed by atoms with Crippen molar-refractivity contribution in [2.75, 3.05) is 6.54 Å². The van der Waals surface area contributed by atoms with Crippen LogP contribution in [0.4, 0.5) is 4.39 Å². The second-order valence-electron chi connectivity index (χ2n) is 4.28. The Morgan fingerprint density at radius 1 is 1.23 bits per heavy atom. The minimum absolute atomic E-state index is 0.203. The van der Waals surface area contributed by atoms with Gasteiger partial charge in [-0.3, -0.25) is 0 Å². The van der Waals surface area contributed by atoms with Crippen LogP contribution in [0.15, 0.2) is 0 Å². The van der Waals surface area contributed by atoms with E-state index in [4.69, 9.17) is 5.73 Å². The molecule has 1 rings (SSSR count). The van der Waals surface area contributed by atoms with Crippen molar-refractivity contribution in [2.45, 2.75) is 57.5 Å². The maximum absolute atomic E-state index is 14.2. The molecule has 0 aliphatic heterocycles. The van der Waals surface area contributed by atoms with Crippen LogP contribution in [0.5, 0.6) is 0 Å². The highest BCUT2D eigenvalue weighted by atomic mass is 19.1. The summed E-state index contributed by atoms with van der Waals surface area (Å²) in [4.78, 5) is 0. The number of hydrogen-bond donors (Lipinski definition) is 1. The van der Waals surface area contributed by atoms with Crippen molar-refractivity contribution in [3.05, 3.63) is 0 Å². The third kappa shape index (κ3) is 2.67. The molecule has 1 aliphatic carbocycles. The molecule has 78 valence electrons. The monoisotopic (exact) mass is 187 g/mol. The molecule has 2 heteroatoms. The Labute approximate surface area is 80.9 Å². The molecule has 0 aromatic carbocycles. The molecular weight excluding hydrogens is 165 g/mol. The molecule has 0 bridgehead atoms. The van der Waals surface area contributed by atoms with Crippen molar-refractivity contribution in [1.82, 2.24) is 0 Å². The first kappa shape index (κ1) is 11.0. The van der Waals surface area contributed by atoms with Gasteiger partial charge in [0.15, 0.2) is 0 Å². The standard InChI is InChI=1S/C11H22FN/c1-2-11(12,9-13)10-7-5-3-4-6-8-10/h10H,2-9,13H2,1H3. The number of rotatable bonds is 3. The summed E-state index contributed by atoms with van der Waals surface area (Å²) in [6.07, 6.45) is 7.60. The lowest BCUT2D eigenvalue weighted by Gasteiger charge is -2.31. The summed E-state index contributed by atoms with van der Waals surface area (Å²) in [5, 5.41) is 0. The highest BCUT2D eigenvalue weighted by molar-refractivity contribution is 4.87. The smallest absolute Gasteiger partial charge is 0.125 e. The average Bonchev–Trinajstić information content (AvgIpc) is 2.45. The fourth-order valence-electron chi connectivity index (χ4n) is 2.40. The first-order valence-corrected chi connectivity index (χ1v) is 5.62. The molecule has 1 unspecified atom stereocenters. The molecule has 0 aromatic heterocycles. The predicted octanol–water partition coefficient (Wildman–Crippen LogP) is 3.03. The van der Waals surface area contributed by atoms with Crippen LogP contribution in [0.2, 0.25) is 0 Å². The molecular formula is C11H22FN. The van der Waals surface area contributed by atoms with Gasteiger partial charge in [-0.2, -0.15) is 0 Å². The first-order valence-electron chi connectivity index (χ1n) is 5.62. The molecule has 0 spiro atoms. The van der Waals surface area contributed by atoms with E-state index in [9.17, 15) is 4.39 Å². The number of halogens is 1. The third-order valence-electron chi connectivity index (χ3n) is 3.51. The zero-order chi connectivity index (χ0) is 9.73. The summed E-state index contributed by atoms with van der Waals surface area (Å²) < 4.78 is 14.2. The van der Waals surface area contributed by atoms with E-state index in [0.29, 0.717) is 6.42 Å². The zero-order valence-electron chi connectivity index (χ0n) is 8.69. The fraction of sp³-hybridized carbons (Fsp3) is 1.00. The van der Waals surface area contributed by atoms with E-state index in [0.717, 1.165) is 12.8 Å². The first-order chi connectivity index (χ1) is 6.23. The van der Waals surface area contributed by atoms with Gasteiger partial charge in [0, 0.05) is 6.54 Å². The van der Waals surface area contributed by atoms with E-state index in [1.165, 1.54) is 25.7 Å². The summed E-state index contributed by atoms with van der Waals surface area (Å²) in [5.74, 6) is 0.227. The summed E-state index contributed by atoms with van der Waals surface area (Å²) >= 11 is 0. The molecule has 1 aliphatic rings. The van der Waals surface area contributed by atoms with Crippen LogP contribution >= 0.6 is 0 Å². The van der Waals surface area contributed by atoms with E-state index in [1.54, 1.807) is 0 Å². The van der Waals surface area contributed by atoms with Gasteiger partial charge in [-0.15, -0.1) is 0 Å². The van der Waals surface area contributed by atoms with Gasteiger partial charge in [0.2, 0.25) is 0 Å². The van der Waals surface area contributed by atoms with Gasteiger partial charge < -0.3 is 5.73 Å². The van der Waals surface area contributed by atoms with Gasteiger partial charge in [-0.25, -0.2) is 4.39 Å². The van der Waals surface area contributed by atoms with E-state index < -0.39 is 5.67 Å². The van der Waals surface area contributed by atoms with Crippen molar-refractivity contribution >= 4 is 0 Å². The summed E-state index contributed by atoms with van der Waals surface area (Å²) in [7, 11) is 0. The SMILES string of the molecule is CCC(F)(CN)C1CCCCCC1. The minimum atomic E-state index is -1.08. The van der Waals surface area contributed by atoms with Crippen molar-refractivity contribution in [3.63, 3.8) is 0 Å². The molecule has 0 saturated heterocycles. The lowest BCUT2D eigenvalue weighted by atomic mass is 9.82. The molecule has 0 radical (unpaired) electrons. The van der Waals surface area contributed by atoms with Gasteiger partial charge >= 0.3 is 0 Å². The lowest BCUT2D eigenvalue weighted by molar-refractivity contribution is 0.0745. The Kier molecular flexibility index (Phi) is 4.17. The molecule has 1 nitrogen and oxygen atoms in total. The lowest BCUT2D eigenvalue weighted by Crippen LogP contribution is -2.40. The van der Waals surface area contributed by atoms with Gasteiger partial charge in [-0.1, -0.05) is 32.6 Å². The van der Waals surface area contributed by atoms with E-state index >= 15 is 0 Å². The van der Waals surface area contributed by atoms with Crippen molar-refractivity contribution < 1.29 is 4.39 Å². The molecule has 1 saturated carbocycles. The quantitative estimate of drug-likeness (QED) is 0.675. The summed E-state index contributed by atoms with van der Waals surface area (Å²) in [6, 6.07) is 0. The van der Waals surface area contributed by atoms with Crippen LogP contribution in [0.3, 0.4) is 0 Å². The Balaban J connectivity index is 2.55. The Morgan fingerprint density at radius 3 is 2.15 bits per heavy atom. The number of nitrogens with two attached hydrogens (primary N) is 1. The maximum atomic E-state index is 14.2.